The summed E-state index contributed by atoms with van der Waals surface area (Å²) in [7, 11) is 0. The normalized spacial score (nSPS) is 10.3. The minimum Gasteiger partial charge on any atom is -0.390 e. The number of halogens is 1. The number of aromatic nitrogens is 3. The fourth-order valence-corrected chi connectivity index (χ4v) is 1.32. The molecule has 0 saturated heterocycles. The molecule has 0 aromatic carbocycles. The molecule has 2 heterocycles. The zero-order valence-electron chi connectivity index (χ0n) is 7.76. The Hall–Kier alpha value is -1.52. The number of nitrogens with zero attached hydrogens (tertiary/aromatic N) is 3. The predicted molar refractivity (Wildman–Crippen MR) is 56.2 cm³/mol. The molecule has 1 N–H and O–H groups in total. The molecule has 0 spiro atoms. The molecule has 0 aliphatic rings. The fourth-order valence-electron chi connectivity index (χ4n) is 1.18. The van der Waals surface area contributed by atoms with E-state index in [2.05, 4.69) is 15.0 Å². The first-order valence-electron chi connectivity index (χ1n) is 4.34. The zero-order chi connectivity index (χ0) is 10.7. The second-order valence-electron chi connectivity index (χ2n) is 2.90. The van der Waals surface area contributed by atoms with Crippen LogP contribution < -0.4 is 0 Å². The number of rotatable bonds is 2. The minimum atomic E-state index is -0.0954. The Morgan fingerprint density at radius 2 is 2.00 bits per heavy atom. The molecule has 4 nitrogen and oxygen atoms in total. The Bertz CT molecular complexity index is 476. The summed E-state index contributed by atoms with van der Waals surface area (Å²) < 4.78 is 0. The van der Waals surface area contributed by atoms with Crippen molar-refractivity contribution in [2.24, 2.45) is 0 Å². The summed E-state index contributed by atoms with van der Waals surface area (Å²) in [6.45, 7) is -0.0954. The molecular formula is C10H8ClN3O. The van der Waals surface area contributed by atoms with Gasteiger partial charge in [0.25, 0.3) is 0 Å². The van der Waals surface area contributed by atoms with Crippen molar-refractivity contribution in [1.82, 2.24) is 15.0 Å². The summed E-state index contributed by atoms with van der Waals surface area (Å²) in [6.07, 6.45) is 3.04. The summed E-state index contributed by atoms with van der Waals surface area (Å²) in [4.78, 5) is 12.2. The molecule has 2 aromatic rings. The maximum absolute atomic E-state index is 8.94. The van der Waals surface area contributed by atoms with E-state index in [1.54, 1.807) is 24.4 Å². The summed E-state index contributed by atoms with van der Waals surface area (Å²) in [5, 5.41) is 9.26. The number of aliphatic hydroxyl groups excluding tert-OH is 1. The zero-order valence-corrected chi connectivity index (χ0v) is 8.52. The van der Waals surface area contributed by atoms with Crippen molar-refractivity contribution in [3.8, 4) is 11.4 Å². The number of pyridine rings is 1. The van der Waals surface area contributed by atoms with Gasteiger partial charge in [0.15, 0.2) is 0 Å². The van der Waals surface area contributed by atoms with Crippen LogP contribution >= 0.6 is 11.6 Å². The highest BCUT2D eigenvalue weighted by atomic mass is 35.5. The molecule has 5 heteroatoms. The topological polar surface area (TPSA) is 58.9 Å². The lowest BCUT2D eigenvalue weighted by atomic mass is 10.2. The van der Waals surface area contributed by atoms with Crippen LogP contribution in [0.2, 0.25) is 5.15 Å². The van der Waals surface area contributed by atoms with Gasteiger partial charge in [0.2, 0.25) is 0 Å². The highest BCUT2D eigenvalue weighted by Crippen LogP contribution is 2.15. The maximum atomic E-state index is 8.94. The van der Waals surface area contributed by atoms with Crippen molar-refractivity contribution >= 4 is 11.6 Å². The van der Waals surface area contributed by atoms with Gasteiger partial charge in [-0.05, 0) is 12.1 Å². The summed E-state index contributed by atoms with van der Waals surface area (Å²) in [5.41, 5.74) is 1.84. The lowest BCUT2D eigenvalue weighted by Gasteiger charge is -2.01. The van der Waals surface area contributed by atoms with Gasteiger partial charge in [-0.2, -0.15) is 0 Å². The Labute approximate surface area is 91.6 Å². The average molecular weight is 222 g/mol. The van der Waals surface area contributed by atoms with Gasteiger partial charge in [0.1, 0.15) is 10.8 Å². The van der Waals surface area contributed by atoms with Crippen molar-refractivity contribution in [2.45, 2.75) is 6.61 Å². The average Bonchev–Trinajstić information content (AvgIpc) is 2.29. The third-order valence-electron chi connectivity index (χ3n) is 1.84. The van der Waals surface area contributed by atoms with Crippen LogP contribution in [0, 0.1) is 0 Å². The molecule has 0 radical (unpaired) electrons. The largest absolute Gasteiger partial charge is 0.390 e. The maximum Gasteiger partial charge on any atom is 0.148 e. The van der Waals surface area contributed by atoms with E-state index < -0.39 is 0 Å². The lowest BCUT2D eigenvalue weighted by Crippen LogP contribution is -1.93. The molecule has 0 aliphatic heterocycles. The molecule has 2 rings (SSSR count). The van der Waals surface area contributed by atoms with Gasteiger partial charge < -0.3 is 5.11 Å². The van der Waals surface area contributed by atoms with Gasteiger partial charge in [-0.25, -0.2) is 9.97 Å². The molecular weight excluding hydrogens is 214 g/mol. The number of hydrogen-bond acceptors (Lipinski definition) is 4. The quantitative estimate of drug-likeness (QED) is 0.838. The monoisotopic (exact) mass is 221 g/mol. The molecule has 0 aliphatic carbocycles. The Morgan fingerprint density at radius 3 is 2.73 bits per heavy atom. The van der Waals surface area contributed by atoms with Gasteiger partial charge in [-0.15, -0.1) is 0 Å². The van der Waals surface area contributed by atoms with Crippen LogP contribution in [0.5, 0.6) is 0 Å². The first-order chi connectivity index (χ1) is 7.29. The van der Waals surface area contributed by atoms with Crippen molar-refractivity contribution in [1.29, 1.82) is 0 Å². The smallest absolute Gasteiger partial charge is 0.148 e. The molecule has 76 valence electrons. The van der Waals surface area contributed by atoms with Crippen LogP contribution in [-0.2, 0) is 6.61 Å². The molecule has 0 bridgehead atoms. The van der Waals surface area contributed by atoms with E-state index >= 15 is 0 Å². The summed E-state index contributed by atoms with van der Waals surface area (Å²) in [5.74, 6) is 0. The second kappa shape index (κ2) is 4.33. The van der Waals surface area contributed by atoms with Crippen LogP contribution in [0.3, 0.4) is 0 Å². The number of hydrogen-bond donors (Lipinski definition) is 1. The van der Waals surface area contributed by atoms with Crippen LogP contribution in [0.4, 0.5) is 0 Å². The Morgan fingerprint density at radius 1 is 1.13 bits per heavy atom. The third kappa shape index (κ3) is 2.29. The van der Waals surface area contributed by atoms with Gasteiger partial charge in [-0.3, -0.25) is 4.98 Å². The highest BCUT2D eigenvalue weighted by molar-refractivity contribution is 6.29. The first-order valence-corrected chi connectivity index (χ1v) is 4.72. The molecule has 0 amide bonds. The molecule has 2 aromatic heterocycles. The van der Waals surface area contributed by atoms with E-state index in [4.69, 9.17) is 16.7 Å². The van der Waals surface area contributed by atoms with E-state index in [1.165, 1.54) is 6.20 Å². The molecule has 15 heavy (non-hydrogen) atoms. The second-order valence-corrected chi connectivity index (χ2v) is 3.29. The first kappa shape index (κ1) is 10.0. The van der Waals surface area contributed by atoms with E-state index in [-0.39, 0.29) is 6.61 Å². The fraction of sp³-hybridized carbons (Fsp3) is 0.100. The van der Waals surface area contributed by atoms with Crippen molar-refractivity contribution in [3.63, 3.8) is 0 Å². The van der Waals surface area contributed by atoms with Crippen LogP contribution in [0.1, 0.15) is 5.69 Å². The number of aliphatic hydroxyl groups is 1. The highest BCUT2D eigenvalue weighted by Gasteiger charge is 2.03. The molecule has 0 unspecified atom stereocenters. The summed E-state index contributed by atoms with van der Waals surface area (Å²) >= 11 is 5.72. The molecule has 0 saturated carbocycles. The van der Waals surface area contributed by atoms with Crippen molar-refractivity contribution in [2.75, 3.05) is 0 Å². The summed E-state index contributed by atoms with van der Waals surface area (Å²) in [6, 6.07) is 5.33. The lowest BCUT2D eigenvalue weighted by molar-refractivity contribution is 0.277. The van der Waals surface area contributed by atoms with Crippen molar-refractivity contribution < 1.29 is 5.11 Å². The van der Waals surface area contributed by atoms with Gasteiger partial charge in [0, 0.05) is 0 Å². The van der Waals surface area contributed by atoms with Gasteiger partial charge in [0.05, 0.1) is 30.4 Å². The van der Waals surface area contributed by atoms with E-state index in [9.17, 15) is 0 Å². The van der Waals surface area contributed by atoms with Crippen LogP contribution in [0.25, 0.3) is 11.4 Å². The van der Waals surface area contributed by atoms with Crippen LogP contribution in [0.15, 0.2) is 30.6 Å². The minimum absolute atomic E-state index is 0.0954. The predicted octanol–water partition coefficient (Wildman–Crippen LogP) is 1.68. The van der Waals surface area contributed by atoms with E-state index in [1.807, 2.05) is 0 Å². The molecule has 0 atom stereocenters. The van der Waals surface area contributed by atoms with E-state index in [0.717, 1.165) is 0 Å². The third-order valence-corrected chi connectivity index (χ3v) is 2.02. The van der Waals surface area contributed by atoms with Crippen molar-refractivity contribution in [3.05, 3.63) is 41.4 Å². The van der Waals surface area contributed by atoms with Crippen LogP contribution in [-0.4, -0.2) is 20.1 Å². The van der Waals surface area contributed by atoms with Gasteiger partial charge >= 0.3 is 0 Å². The molecule has 0 fully saturated rings. The van der Waals surface area contributed by atoms with E-state index in [0.29, 0.717) is 22.2 Å². The Balaban J connectivity index is 2.44. The Kier molecular flexibility index (Phi) is 2.89. The SMILES string of the molecule is OCc1cccc(-c2cncc(Cl)n2)n1. The standard InChI is InChI=1S/C10H8ClN3O/c11-10-5-12-4-9(14-10)8-3-1-2-7(6-15)13-8/h1-5,15H,6H2. The van der Waals surface area contributed by atoms with Gasteiger partial charge in [-0.1, -0.05) is 17.7 Å².